The fourth-order valence-corrected chi connectivity index (χ4v) is 4.38. The van der Waals surface area contributed by atoms with Crippen molar-refractivity contribution >= 4 is 34.4 Å². The van der Waals surface area contributed by atoms with Crippen molar-refractivity contribution in [1.29, 1.82) is 5.26 Å². The summed E-state index contributed by atoms with van der Waals surface area (Å²) in [4.78, 5) is 26.5. The van der Waals surface area contributed by atoms with E-state index < -0.39 is 0 Å². The third-order valence-electron chi connectivity index (χ3n) is 5.36. The molecule has 0 saturated carbocycles. The predicted octanol–water partition coefficient (Wildman–Crippen LogP) is 4.17. The number of nitrogens with two attached hydrogens (primary N) is 1. The lowest BCUT2D eigenvalue weighted by Gasteiger charge is -2.11. The quantitative estimate of drug-likeness (QED) is 0.404. The van der Waals surface area contributed by atoms with Crippen LogP contribution in [0.15, 0.2) is 53.7 Å². The Morgan fingerprint density at radius 3 is 2.82 bits per heavy atom. The molecule has 0 saturated heterocycles. The number of halogens is 1. The first-order chi connectivity index (χ1) is 16.4. The van der Waals surface area contributed by atoms with Gasteiger partial charge in [0.15, 0.2) is 0 Å². The van der Waals surface area contributed by atoms with E-state index in [0.717, 1.165) is 21.4 Å². The van der Waals surface area contributed by atoms with Crippen LogP contribution in [0.5, 0.6) is 0 Å². The molecule has 3 heterocycles. The molecule has 0 aliphatic rings. The maximum atomic E-state index is 13.7. The smallest absolute Gasteiger partial charge is 0.251 e. The molecule has 4 rings (SSSR count). The van der Waals surface area contributed by atoms with E-state index in [9.17, 15) is 14.4 Å². The molecule has 34 heavy (non-hydrogen) atoms. The molecule has 3 aromatic heterocycles. The molecule has 0 unspecified atom stereocenters. The van der Waals surface area contributed by atoms with Gasteiger partial charge in [-0.05, 0) is 55.1 Å². The monoisotopic (exact) mass is 472 g/mol. The fraction of sp³-hybridized carbons (Fsp3) is 0.160. The van der Waals surface area contributed by atoms with Gasteiger partial charge in [0.1, 0.15) is 11.6 Å². The van der Waals surface area contributed by atoms with Crippen LogP contribution in [0, 0.1) is 24.1 Å². The second-order valence-electron chi connectivity index (χ2n) is 7.69. The normalized spacial score (nSPS) is 10.8. The number of anilines is 1. The average Bonchev–Trinajstić information content (AvgIpc) is 2.82. The summed E-state index contributed by atoms with van der Waals surface area (Å²) in [5.41, 5.74) is 10.2. The number of carbonyl (C=O) groups is 1. The van der Waals surface area contributed by atoms with Crippen LogP contribution in [0.25, 0.3) is 10.9 Å². The van der Waals surface area contributed by atoms with E-state index in [4.69, 9.17) is 5.73 Å². The van der Waals surface area contributed by atoms with Crippen molar-refractivity contribution in [3.63, 3.8) is 0 Å². The number of nitrogens with one attached hydrogen (secondary N) is 1. The zero-order valence-corrected chi connectivity index (χ0v) is 19.4. The number of nitrogen functional groups attached to an aromatic ring is 1. The van der Waals surface area contributed by atoms with Gasteiger partial charge in [-0.25, -0.2) is 9.37 Å². The number of hydrogen-bond acceptors (Lipinski definition) is 7. The molecule has 0 fully saturated rings. The van der Waals surface area contributed by atoms with Gasteiger partial charge in [0, 0.05) is 52.0 Å². The highest BCUT2D eigenvalue weighted by molar-refractivity contribution is 7.98. The summed E-state index contributed by atoms with van der Waals surface area (Å²) >= 11 is 1.54. The number of hydrogen-bond donors (Lipinski definition) is 2. The van der Waals surface area contributed by atoms with Gasteiger partial charge in [0.2, 0.25) is 0 Å². The third-order valence-corrected chi connectivity index (χ3v) is 6.11. The minimum absolute atomic E-state index is 0.152. The number of amides is 1. The number of pyridine rings is 3. The minimum Gasteiger partial charge on any atom is -0.384 e. The van der Waals surface area contributed by atoms with Crippen LogP contribution in [0.1, 0.15) is 38.4 Å². The van der Waals surface area contributed by atoms with Gasteiger partial charge < -0.3 is 11.1 Å². The van der Waals surface area contributed by atoms with Gasteiger partial charge in [0.05, 0.1) is 23.3 Å². The number of aryl methyl sites for hydroxylation is 1. The molecule has 9 heteroatoms. The van der Waals surface area contributed by atoms with Crippen LogP contribution in [0.3, 0.4) is 0 Å². The molecule has 0 atom stereocenters. The highest BCUT2D eigenvalue weighted by atomic mass is 32.2. The minimum atomic E-state index is -0.389. The topological polar surface area (TPSA) is 118 Å². The molecule has 7 nitrogen and oxygen atoms in total. The number of thioether (sulfide) groups is 1. The first-order valence-electron chi connectivity index (χ1n) is 10.4. The zero-order chi connectivity index (χ0) is 24.2. The predicted molar refractivity (Wildman–Crippen MR) is 130 cm³/mol. The number of benzene rings is 1. The largest absolute Gasteiger partial charge is 0.384 e. The Hall–Kier alpha value is -4.03. The molecule has 1 aromatic carbocycles. The molecule has 0 aliphatic carbocycles. The van der Waals surface area contributed by atoms with E-state index in [1.807, 2.05) is 18.4 Å². The number of rotatable bonds is 6. The Kier molecular flexibility index (Phi) is 6.70. The summed E-state index contributed by atoms with van der Waals surface area (Å²) in [7, 11) is 0. The van der Waals surface area contributed by atoms with E-state index in [0.29, 0.717) is 34.5 Å². The number of nitriles is 1. The van der Waals surface area contributed by atoms with Crippen molar-refractivity contribution in [3.05, 3.63) is 88.3 Å². The number of nitrogens with zero attached hydrogens (tertiary/aromatic N) is 4. The molecular formula is C25H21FN6OS. The zero-order valence-electron chi connectivity index (χ0n) is 18.6. The van der Waals surface area contributed by atoms with Crippen LogP contribution in [-0.4, -0.2) is 27.1 Å². The van der Waals surface area contributed by atoms with Crippen LogP contribution in [0.4, 0.5) is 10.2 Å². The second kappa shape index (κ2) is 9.85. The molecular weight excluding hydrogens is 451 g/mol. The summed E-state index contributed by atoms with van der Waals surface area (Å²) < 4.78 is 13.7. The number of carbonyl (C=O) groups excluding carboxylic acids is 1. The van der Waals surface area contributed by atoms with Gasteiger partial charge in [-0.2, -0.15) is 5.26 Å². The highest BCUT2D eigenvalue weighted by Crippen LogP contribution is 2.28. The molecule has 0 aliphatic heterocycles. The Morgan fingerprint density at radius 1 is 1.24 bits per heavy atom. The van der Waals surface area contributed by atoms with Crippen molar-refractivity contribution in [1.82, 2.24) is 20.3 Å². The van der Waals surface area contributed by atoms with Gasteiger partial charge in [-0.3, -0.25) is 14.8 Å². The van der Waals surface area contributed by atoms with Crippen molar-refractivity contribution in [2.75, 3.05) is 12.0 Å². The van der Waals surface area contributed by atoms with Crippen molar-refractivity contribution < 1.29 is 9.18 Å². The molecule has 0 bridgehead atoms. The molecule has 170 valence electrons. The van der Waals surface area contributed by atoms with Crippen molar-refractivity contribution in [3.8, 4) is 6.07 Å². The van der Waals surface area contributed by atoms with E-state index in [2.05, 4.69) is 26.3 Å². The maximum absolute atomic E-state index is 13.7. The van der Waals surface area contributed by atoms with Gasteiger partial charge in [-0.15, -0.1) is 11.8 Å². The van der Waals surface area contributed by atoms with Crippen LogP contribution in [-0.2, 0) is 13.0 Å². The lowest BCUT2D eigenvalue weighted by atomic mass is 10.0. The molecule has 0 radical (unpaired) electrons. The van der Waals surface area contributed by atoms with Gasteiger partial charge in [0.25, 0.3) is 5.91 Å². The Bertz CT molecular complexity index is 1450. The van der Waals surface area contributed by atoms with Crippen LogP contribution < -0.4 is 11.1 Å². The number of fused-ring (bicyclic) bond motifs is 1. The van der Waals surface area contributed by atoms with Gasteiger partial charge in [-0.1, -0.05) is 0 Å². The SMILES string of the molecule is CSc1cc(Cc2cc(C(=O)NCc3c(C#N)cc(N)nc3C)ccn2)cc2cc(F)cnc12. The van der Waals surface area contributed by atoms with E-state index >= 15 is 0 Å². The Balaban J connectivity index is 1.54. The third kappa shape index (κ3) is 4.97. The van der Waals surface area contributed by atoms with Crippen molar-refractivity contribution in [2.24, 2.45) is 0 Å². The van der Waals surface area contributed by atoms with Crippen LogP contribution >= 0.6 is 11.8 Å². The summed E-state index contributed by atoms with van der Waals surface area (Å²) in [5.74, 6) is -0.419. The maximum Gasteiger partial charge on any atom is 0.251 e. The van der Waals surface area contributed by atoms with E-state index in [1.54, 1.807) is 37.0 Å². The first kappa shape index (κ1) is 23.1. The second-order valence-corrected chi connectivity index (χ2v) is 8.54. The van der Waals surface area contributed by atoms with E-state index in [1.165, 1.54) is 18.3 Å². The van der Waals surface area contributed by atoms with E-state index in [-0.39, 0.29) is 24.1 Å². The first-order valence-corrected chi connectivity index (χ1v) is 11.6. The lowest BCUT2D eigenvalue weighted by molar-refractivity contribution is 0.0950. The summed E-state index contributed by atoms with van der Waals surface area (Å²) in [6, 6.07) is 12.3. The molecule has 1 amide bonds. The molecule has 0 spiro atoms. The Morgan fingerprint density at radius 2 is 2.06 bits per heavy atom. The average molecular weight is 473 g/mol. The lowest BCUT2D eigenvalue weighted by Crippen LogP contribution is -2.24. The molecule has 4 aromatic rings. The standard InChI is InChI=1S/C25H21FN6OS/c1-14-21(18(11-27)10-23(28)32-14)13-31-25(33)16-3-4-29-20(9-16)6-15-5-17-8-19(26)12-30-24(17)22(7-15)34-2/h3-5,7-10,12H,6,13H2,1-2H3,(H2,28,32)(H,31,33). The summed E-state index contributed by atoms with van der Waals surface area (Å²) in [6.07, 6.45) is 5.22. The van der Waals surface area contributed by atoms with Gasteiger partial charge >= 0.3 is 0 Å². The molecule has 3 N–H and O–H groups in total. The highest BCUT2D eigenvalue weighted by Gasteiger charge is 2.13. The number of aromatic nitrogens is 3. The van der Waals surface area contributed by atoms with Crippen LogP contribution in [0.2, 0.25) is 0 Å². The fourth-order valence-electron chi connectivity index (χ4n) is 3.75. The van der Waals surface area contributed by atoms with Crippen molar-refractivity contribution in [2.45, 2.75) is 24.8 Å². The summed E-state index contributed by atoms with van der Waals surface area (Å²) in [5, 5.41) is 12.9. The Labute approximate surface area is 200 Å². The summed E-state index contributed by atoms with van der Waals surface area (Å²) in [6.45, 7) is 1.90.